The van der Waals surface area contributed by atoms with E-state index in [2.05, 4.69) is 6.58 Å². The SMILES string of the molecule is C=C(C)C(=O)OC1(C)CCCCC1C(=O)OC. The Morgan fingerprint density at radius 3 is 2.53 bits per heavy atom. The second-order valence-corrected chi connectivity index (χ2v) is 4.80. The molecule has 2 unspecified atom stereocenters. The third-order valence-corrected chi connectivity index (χ3v) is 3.31. The largest absolute Gasteiger partial charge is 0.469 e. The van der Waals surface area contributed by atoms with Crippen LogP contribution in [-0.2, 0) is 19.1 Å². The van der Waals surface area contributed by atoms with Crippen molar-refractivity contribution in [2.24, 2.45) is 5.92 Å². The third-order valence-electron chi connectivity index (χ3n) is 3.31. The van der Waals surface area contributed by atoms with Gasteiger partial charge in [0, 0.05) is 5.57 Å². The highest BCUT2D eigenvalue weighted by Gasteiger charge is 2.44. The topological polar surface area (TPSA) is 52.6 Å². The Bertz CT molecular complexity index is 334. The molecule has 0 aromatic carbocycles. The van der Waals surface area contributed by atoms with Gasteiger partial charge in [0.25, 0.3) is 0 Å². The van der Waals surface area contributed by atoms with E-state index < -0.39 is 11.6 Å². The van der Waals surface area contributed by atoms with E-state index in [4.69, 9.17) is 9.47 Å². The van der Waals surface area contributed by atoms with Crippen molar-refractivity contribution in [3.63, 3.8) is 0 Å². The van der Waals surface area contributed by atoms with Crippen molar-refractivity contribution in [3.05, 3.63) is 12.2 Å². The summed E-state index contributed by atoms with van der Waals surface area (Å²) >= 11 is 0. The van der Waals surface area contributed by atoms with Gasteiger partial charge < -0.3 is 9.47 Å². The number of rotatable bonds is 3. The summed E-state index contributed by atoms with van der Waals surface area (Å²) < 4.78 is 10.2. The minimum atomic E-state index is -0.763. The fourth-order valence-electron chi connectivity index (χ4n) is 2.23. The first kappa shape index (κ1) is 13.7. The third kappa shape index (κ3) is 3.08. The zero-order valence-corrected chi connectivity index (χ0v) is 10.7. The molecular weight excluding hydrogens is 220 g/mol. The van der Waals surface area contributed by atoms with Crippen molar-refractivity contribution in [1.29, 1.82) is 0 Å². The van der Waals surface area contributed by atoms with Crippen molar-refractivity contribution >= 4 is 11.9 Å². The molecule has 1 saturated carbocycles. The predicted molar refractivity (Wildman–Crippen MR) is 63.3 cm³/mol. The second kappa shape index (κ2) is 5.34. The molecule has 17 heavy (non-hydrogen) atoms. The van der Waals surface area contributed by atoms with Gasteiger partial charge in [0.2, 0.25) is 0 Å². The normalized spacial score (nSPS) is 28.3. The van der Waals surface area contributed by atoms with E-state index in [-0.39, 0.29) is 11.9 Å². The Balaban J connectivity index is 2.84. The maximum absolute atomic E-state index is 11.7. The number of ether oxygens (including phenoxy) is 2. The van der Waals surface area contributed by atoms with Crippen molar-refractivity contribution in [1.82, 2.24) is 0 Å². The van der Waals surface area contributed by atoms with Crippen molar-refractivity contribution in [2.45, 2.75) is 45.1 Å². The standard InChI is InChI=1S/C13H20O4/c1-9(2)11(14)17-13(3)8-6-5-7-10(13)12(15)16-4/h10H,1,5-8H2,2-4H3. The zero-order valence-electron chi connectivity index (χ0n) is 10.7. The summed E-state index contributed by atoms with van der Waals surface area (Å²) in [6.07, 6.45) is 3.30. The maximum atomic E-state index is 11.7. The molecule has 0 radical (unpaired) electrons. The molecule has 0 aromatic rings. The average molecular weight is 240 g/mol. The highest BCUT2D eigenvalue weighted by Crippen LogP contribution is 2.37. The lowest BCUT2D eigenvalue weighted by molar-refractivity contribution is -0.174. The summed E-state index contributed by atoms with van der Waals surface area (Å²) in [6, 6.07) is 0. The number of methoxy groups -OCH3 is 1. The first-order valence-electron chi connectivity index (χ1n) is 5.87. The lowest BCUT2D eigenvalue weighted by atomic mass is 9.76. The van der Waals surface area contributed by atoms with Gasteiger partial charge in [-0.1, -0.05) is 13.0 Å². The molecular formula is C13H20O4. The number of carbonyl (C=O) groups excluding carboxylic acids is 2. The van der Waals surface area contributed by atoms with Gasteiger partial charge in [-0.05, 0) is 33.1 Å². The molecule has 2 atom stereocenters. The highest BCUT2D eigenvalue weighted by molar-refractivity contribution is 5.87. The van der Waals surface area contributed by atoms with Crippen LogP contribution in [0, 0.1) is 5.92 Å². The molecule has 0 saturated heterocycles. The van der Waals surface area contributed by atoms with Crippen LogP contribution >= 0.6 is 0 Å². The Morgan fingerprint density at radius 1 is 1.35 bits per heavy atom. The molecule has 0 heterocycles. The fraction of sp³-hybridized carbons (Fsp3) is 0.692. The van der Waals surface area contributed by atoms with E-state index in [0.717, 1.165) is 12.8 Å². The summed E-state index contributed by atoms with van der Waals surface area (Å²) in [4.78, 5) is 23.3. The molecule has 0 aliphatic heterocycles. The summed E-state index contributed by atoms with van der Waals surface area (Å²) in [5, 5.41) is 0. The molecule has 1 aliphatic rings. The Morgan fingerprint density at radius 2 is 2.00 bits per heavy atom. The van der Waals surface area contributed by atoms with E-state index in [1.54, 1.807) is 13.8 Å². The molecule has 0 bridgehead atoms. The Labute approximate surface area is 102 Å². The van der Waals surface area contributed by atoms with Crippen LogP contribution in [0.15, 0.2) is 12.2 Å². The average Bonchev–Trinajstić information content (AvgIpc) is 2.28. The molecule has 4 nitrogen and oxygen atoms in total. The lowest BCUT2D eigenvalue weighted by Gasteiger charge is -2.39. The monoisotopic (exact) mass is 240 g/mol. The molecule has 0 N–H and O–H groups in total. The van der Waals surface area contributed by atoms with Gasteiger partial charge in [-0.2, -0.15) is 0 Å². The fourth-order valence-corrected chi connectivity index (χ4v) is 2.23. The van der Waals surface area contributed by atoms with Crippen LogP contribution < -0.4 is 0 Å². The van der Waals surface area contributed by atoms with Crippen LogP contribution in [-0.4, -0.2) is 24.6 Å². The van der Waals surface area contributed by atoms with Crippen molar-refractivity contribution < 1.29 is 19.1 Å². The van der Waals surface area contributed by atoms with Crippen LogP contribution in [0.5, 0.6) is 0 Å². The van der Waals surface area contributed by atoms with E-state index in [1.165, 1.54) is 7.11 Å². The summed E-state index contributed by atoms with van der Waals surface area (Å²) in [7, 11) is 1.36. The molecule has 96 valence electrons. The van der Waals surface area contributed by atoms with E-state index in [1.807, 2.05) is 0 Å². The summed E-state index contributed by atoms with van der Waals surface area (Å²) in [6.45, 7) is 6.95. The van der Waals surface area contributed by atoms with E-state index in [9.17, 15) is 9.59 Å². The minimum absolute atomic E-state index is 0.304. The van der Waals surface area contributed by atoms with Gasteiger partial charge in [0.05, 0.1) is 13.0 Å². The molecule has 0 aromatic heterocycles. The van der Waals surface area contributed by atoms with Gasteiger partial charge in [0.1, 0.15) is 5.60 Å². The quantitative estimate of drug-likeness (QED) is 0.560. The molecule has 0 amide bonds. The van der Waals surface area contributed by atoms with Crippen molar-refractivity contribution in [3.8, 4) is 0 Å². The molecule has 1 rings (SSSR count). The van der Waals surface area contributed by atoms with Gasteiger partial charge >= 0.3 is 11.9 Å². The number of hydrogen-bond donors (Lipinski definition) is 0. The number of hydrogen-bond acceptors (Lipinski definition) is 4. The van der Waals surface area contributed by atoms with Crippen LogP contribution in [0.1, 0.15) is 39.5 Å². The van der Waals surface area contributed by atoms with E-state index in [0.29, 0.717) is 18.4 Å². The summed E-state index contributed by atoms with van der Waals surface area (Å²) in [5.74, 6) is -1.12. The molecule has 0 spiro atoms. The predicted octanol–water partition coefficient (Wildman–Crippen LogP) is 2.23. The van der Waals surface area contributed by atoms with Gasteiger partial charge in [-0.3, -0.25) is 4.79 Å². The van der Waals surface area contributed by atoms with Gasteiger partial charge in [-0.25, -0.2) is 4.79 Å². The number of esters is 2. The Hall–Kier alpha value is -1.32. The van der Waals surface area contributed by atoms with Crippen LogP contribution in [0.2, 0.25) is 0 Å². The smallest absolute Gasteiger partial charge is 0.333 e. The number of carbonyl (C=O) groups is 2. The molecule has 4 heteroatoms. The minimum Gasteiger partial charge on any atom is -0.469 e. The van der Waals surface area contributed by atoms with Crippen LogP contribution in [0.4, 0.5) is 0 Å². The molecule has 1 aliphatic carbocycles. The van der Waals surface area contributed by atoms with Crippen LogP contribution in [0.25, 0.3) is 0 Å². The van der Waals surface area contributed by atoms with Gasteiger partial charge in [0.15, 0.2) is 0 Å². The van der Waals surface area contributed by atoms with E-state index >= 15 is 0 Å². The summed E-state index contributed by atoms with van der Waals surface area (Å²) in [5.41, 5.74) is -0.415. The first-order valence-corrected chi connectivity index (χ1v) is 5.87. The lowest BCUT2D eigenvalue weighted by Crippen LogP contribution is -2.46. The van der Waals surface area contributed by atoms with Gasteiger partial charge in [-0.15, -0.1) is 0 Å². The second-order valence-electron chi connectivity index (χ2n) is 4.80. The highest BCUT2D eigenvalue weighted by atomic mass is 16.6. The zero-order chi connectivity index (χ0) is 13.1. The van der Waals surface area contributed by atoms with Crippen LogP contribution in [0.3, 0.4) is 0 Å². The maximum Gasteiger partial charge on any atom is 0.333 e. The molecule has 1 fully saturated rings. The Kier molecular flexibility index (Phi) is 4.32. The van der Waals surface area contributed by atoms with Crippen molar-refractivity contribution in [2.75, 3.05) is 7.11 Å². The first-order chi connectivity index (χ1) is 7.90.